The Morgan fingerprint density at radius 2 is 1.79 bits per heavy atom. The van der Waals surface area contributed by atoms with Gasteiger partial charge in [0.25, 0.3) is 15.9 Å². The molecule has 1 aliphatic rings. The van der Waals surface area contributed by atoms with Crippen molar-refractivity contribution in [3.63, 3.8) is 0 Å². The largest absolute Gasteiger partial charge is 0.497 e. The zero-order valence-electron chi connectivity index (χ0n) is 18.9. The zero-order valence-corrected chi connectivity index (χ0v) is 19.7. The van der Waals surface area contributed by atoms with Gasteiger partial charge in [-0.3, -0.25) is 9.10 Å². The number of nitrogens with one attached hydrogen (secondary N) is 1. The molecule has 0 saturated heterocycles. The van der Waals surface area contributed by atoms with Gasteiger partial charge in [-0.2, -0.15) is 0 Å². The Balaban J connectivity index is 1.51. The van der Waals surface area contributed by atoms with Gasteiger partial charge >= 0.3 is 0 Å². The quantitative estimate of drug-likeness (QED) is 0.496. The minimum atomic E-state index is -3.95. The lowest BCUT2D eigenvalue weighted by Gasteiger charge is -2.35. The lowest BCUT2D eigenvalue weighted by atomic mass is 10.1. The minimum Gasteiger partial charge on any atom is -0.497 e. The highest BCUT2D eigenvalue weighted by Crippen LogP contribution is 2.38. The van der Waals surface area contributed by atoms with Gasteiger partial charge < -0.3 is 19.5 Å². The molecular formula is C25H26N2O6S. The summed E-state index contributed by atoms with van der Waals surface area (Å²) in [7, 11) is -2.44. The van der Waals surface area contributed by atoms with E-state index < -0.39 is 22.0 Å². The second kappa shape index (κ2) is 10.0. The zero-order chi connectivity index (χ0) is 24.1. The van der Waals surface area contributed by atoms with Gasteiger partial charge in [-0.15, -0.1) is 0 Å². The van der Waals surface area contributed by atoms with Crippen LogP contribution in [0.5, 0.6) is 17.2 Å². The molecule has 1 heterocycles. The molecule has 0 bridgehead atoms. The maximum Gasteiger partial charge on any atom is 0.264 e. The number of hydrogen-bond acceptors (Lipinski definition) is 6. The summed E-state index contributed by atoms with van der Waals surface area (Å²) in [6.07, 6.45) is -1.01. The fraction of sp³-hybridized carbons (Fsp3) is 0.240. The number of benzene rings is 3. The summed E-state index contributed by atoms with van der Waals surface area (Å²) < 4.78 is 44.8. The number of anilines is 1. The van der Waals surface area contributed by atoms with Crippen LogP contribution in [0.1, 0.15) is 5.56 Å². The molecule has 3 aromatic carbocycles. The number of para-hydroxylation sites is 1. The lowest BCUT2D eigenvalue weighted by molar-refractivity contribution is -0.127. The van der Waals surface area contributed by atoms with E-state index in [-0.39, 0.29) is 24.6 Å². The average Bonchev–Trinajstić information content (AvgIpc) is 2.86. The van der Waals surface area contributed by atoms with Gasteiger partial charge in [0.1, 0.15) is 23.9 Å². The van der Waals surface area contributed by atoms with Crippen LogP contribution in [0.3, 0.4) is 0 Å². The van der Waals surface area contributed by atoms with E-state index in [1.807, 2.05) is 37.3 Å². The number of rotatable bonds is 8. The topological polar surface area (TPSA) is 94.2 Å². The standard InChI is InChI=1S/C25H26N2O6S/c1-18-8-13-22-23(16-18)33-24(25(28)26-14-15-32-20-6-4-3-5-7-20)17-27(22)34(29,30)21-11-9-19(31-2)10-12-21/h3-13,16,24H,14-15,17H2,1-2H3,(H,26,28)/t24-/m1/s1. The van der Waals surface area contributed by atoms with Gasteiger partial charge in [-0.25, -0.2) is 8.42 Å². The molecule has 0 radical (unpaired) electrons. The Morgan fingerprint density at radius 3 is 2.50 bits per heavy atom. The van der Waals surface area contributed by atoms with Crippen molar-refractivity contribution in [1.82, 2.24) is 5.32 Å². The van der Waals surface area contributed by atoms with E-state index in [0.717, 1.165) is 5.56 Å². The maximum absolute atomic E-state index is 13.5. The van der Waals surface area contributed by atoms with Crippen LogP contribution in [-0.2, 0) is 14.8 Å². The molecule has 0 aromatic heterocycles. The fourth-order valence-corrected chi connectivity index (χ4v) is 5.05. The van der Waals surface area contributed by atoms with Crippen LogP contribution in [0.4, 0.5) is 5.69 Å². The molecule has 0 unspecified atom stereocenters. The molecule has 8 nitrogen and oxygen atoms in total. The molecule has 1 atom stereocenters. The van der Waals surface area contributed by atoms with Crippen LogP contribution in [0.25, 0.3) is 0 Å². The van der Waals surface area contributed by atoms with E-state index in [9.17, 15) is 13.2 Å². The summed E-state index contributed by atoms with van der Waals surface area (Å²) >= 11 is 0. The van der Waals surface area contributed by atoms with Crippen molar-refractivity contribution in [2.75, 3.05) is 31.1 Å². The Kier molecular flexibility index (Phi) is 6.93. The van der Waals surface area contributed by atoms with Crippen molar-refractivity contribution in [2.45, 2.75) is 17.9 Å². The molecule has 1 aliphatic heterocycles. The monoisotopic (exact) mass is 482 g/mol. The van der Waals surface area contributed by atoms with E-state index in [1.54, 1.807) is 30.3 Å². The highest BCUT2D eigenvalue weighted by molar-refractivity contribution is 7.92. The normalized spacial score (nSPS) is 15.1. The summed E-state index contributed by atoms with van der Waals surface area (Å²) in [4.78, 5) is 13.0. The Labute approximate surface area is 199 Å². The number of ether oxygens (including phenoxy) is 3. The van der Waals surface area contributed by atoms with Crippen LogP contribution in [0, 0.1) is 6.92 Å². The third kappa shape index (κ3) is 5.09. The number of amides is 1. The number of hydrogen-bond donors (Lipinski definition) is 1. The molecule has 0 spiro atoms. The van der Waals surface area contributed by atoms with Crippen LogP contribution >= 0.6 is 0 Å². The number of carbonyl (C=O) groups is 1. The van der Waals surface area contributed by atoms with Gasteiger partial charge in [-0.1, -0.05) is 24.3 Å². The lowest BCUT2D eigenvalue weighted by Crippen LogP contribution is -2.51. The van der Waals surface area contributed by atoms with Crippen molar-refractivity contribution in [2.24, 2.45) is 0 Å². The van der Waals surface area contributed by atoms with Crippen LogP contribution in [0.2, 0.25) is 0 Å². The van der Waals surface area contributed by atoms with E-state index in [1.165, 1.54) is 23.5 Å². The number of carbonyl (C=O) groups excluding carboxylic acids is 1. The predicted molar refractivity (Wildman–Crippen MR) is 128 cm³/mol. The van der Waals surface area contributed by atoms with Crippen molar-refractivity contribution in [3.05, 3.63) is 78.4 Å². The average molecular weight is 483 g/mol. The Morgan fingerprint density at radius 1 is 1.06 bits per heavy atom. The molecule has 1 amide bonds. The van der Waals surface area contributed by atoms with Gasteiger partial charge in [0.15, 0.2) is 6.10 Å². The SMILES string of the molecule is COc1ccc(S(=O)(=O)N2C[C@H](C(=O)NCCOc3ccccc3)Oc3cc(C)ccc32)cc1. The fourth-order valence-electron chi connectivity index (χ4n) is 3.57. The molecular weight excluding hydrogens is 456 g/mol. The number of methoxy groups -OCH3 is 1. The second-order valence-corrected chi connectivity index (χ2v) is 9.60. The van der Waals surface area contributed by atoms with Crippen LogP contribution in [-0.4, -0.2) is 47.2 Å². The summed E-state index contributed by atoms with van der Waals surface area (Å²) in [5, 5.41) is 2.77. The van der Waals surface area contributed by atoms with Crippen LogP contribution < -0.4 is 23.8 Å². The number of sulfonamides is 1. The molecule has 0 fully saturated rings. The first kappa shape index (κ1) is 23.4. The second-order valence-electron chi connectivity index (χ2n) is 7.74. The van der Waals surface area contributed by atoms with Gasteiger partial charge in [-0.05, 0) is 61.0 Å². The first-order valence-corrected chi connectivity index (χ1v) is 12.2. The Hall–Kier alpha value is -3.72. The molecule has 0 aliphatic carbocycles. The molecule has 4 rings (SSSR count). The molecule has 0 saturated carbocycles. The number of fused-ring (bicyclic) bond motifs is 1. The highest BCUT2D eigenvalue weighted by Gasteiger charge is 2.37. The Bertz CT molecular complexity index is 1250. The van der Waals surface area contributed by atoms with Crippen molar-refractivity contribution in [3.8, 4) is 17.2 Å². The summed E-state index contributed by atoms with van der Waals surface area (Å²) in [5.74, 6) is 1.17. The summed E-state index contributed by atoms with van der Waals surface area (Å²) in [6, 6.07) is 20.6. The molecule has 1 N–H and O–H groups in total. The van der Waals surface area contributed by atoms with E-state index in [2.05, 4.69) is 5.32 Å². The van der Waals surface area contributed by atoms with Gasteiger partial charge in [0, 0.05) is 0 Å². The van der Waals surface area contributed by atoms with Crippen molar-refractivity contribution in [1.29, 1.82) is 0 Å². The highest BCUT2D eigenvalue weighted by atomic mass is 32.2. The van der Waals surface area contributed by atoms with E-state index in [4.69, 9.17) is 14.2 Å². The summed E-state index contributed by atoms with van der Waals surface area (Å²) in [5.41, 5.74) is 1.27. The van der Waals surface area contributed by atoms with Gasteiger partial charge in [0.05, 0.1) is 30.8 Å². The third-order valence-corrected chi connectivity index (χ3v) is 7.13. The first-order chi connectivity index (χ1) is 16.4. The molecule has 3 aromatic rings. The third-order valence-electron chi connectivity index (χ3n) is 5.34. The van der Waals surface area contributed by atoms with E-state index in [0.29, 0.717) is 22.9 Å². The summed E-state index contributed by atoms with van der Waals surface area (Å²) in [6.45, 7) is 2.23. The molecule has 178 valence electrons. The predicted octanol–water partition coefficient (Wildman–Crippen LogP) is 3.16. The smallest absolute Gasteiger partial charge is 0.264 e. The van der Waals surface area contributed by atoms with Crippen LogP contribution in [0.15, 0.2) is 77.7 Å². The molecule has 9 heteroatoms. The van der Waals surface area contributed by atoms with Crippen molar-refractivity contribution < 1.29 is 27.4 Å². The first-order valence-electron chi connectivity index (χ1n) is 10.8. The molecule has 34 heavy (non-hydrogen) atoms. The van der Waals surface area contributed by atoms with Crippen molar-refractivity contribution >= 4 is 21.6 Å². The van der Waals surface area contributed by atoms with Gasteiger partial charge in [0.2, 0.25) is 0 Å². The maximum atomic E-state index is 13.5. The minimum absolute atomic E-state index is 0.0946. The van der Waals surface area contributed by atoms with E-state index >= 15 is 0 Å². The number of nitrogens with zero attached hydrogens (tertiary/aromatic N) is 1. The number of aryl methyl sites for hydroxylation is 1.